The molecule has 0 aromatic heterocycles. The summed E-state index contributed by atoms with van der Waals surface area (Å²) in [6.45, 7) is 10.5. The number of nitrogens with one attached hydrogen (secondary N) is 2. The normalized spacial score (nSPS) is 16.8. The molecule has 6 nitrogen and oxygen atoms in total. The van der Waals surface area contributed by atoms with Crippen molar-refractivity contribution in [3.05, 3.63) is 70.8 Å². The molecule has 31 heavy (non-hydrogen) atoms. The largest absolute Gasteiger partial charge is 0.370 e. The molecule has 1 saturated heterocycles. The number of rotatable bonds is 7. The number of guanidine groups is 1. The van der Waals surface area contributed by atoms with Gasteiger partial charge in [0.15, 0.2) is 5.96 Å². The molecule has 0 saturated carbocycles. The maximum Gasteiger partial charge on any atom is 0.251 e. The Morgan fingerprint density at radius 1 is 1.16 bits per heavy atom. The highest BCUT2D eigenvalue weighted by Crippen LogP contribution is 2.25. The van der Waals surface area contributed by atoms with E-state index in [-0.39, 0.29) is 12.0 Å². The summed E-state index contributed by atoms with van der Waals surface area (Å²) in [5.41, 5.74) is 4.17. The quantitative estimate of drug-likeness (QED) is 0.528. The van der Waals surface area contributed by atoms with Gasteiger partial charge in [0.25, 0.3) is 5.91 Å². The Morgan fingerprint density at radius 3 is 2.77 bits per heavy atom. The molecule has 1 unspecified atom stereocenters. The van der Waals surface area contributed by atoms with Crippen molar-refractivity contribution in [3.8, 4) is 0 Å². The minimum Gasteiger partial charge on any atom is -0.370 e. The number of aliphatic imine (C=N–C) groups is 1. The summed E-state index contributed by atoms with van der Waals surface area (Å²) in [6, 6.07) is 16.1. The third-order valence-corrected chi connectivity index (χ3v) is 5.37. The summed E-state index contributed by atoms with van der Waals surface area (Å²) < 4.78 is 6.07. The highest BCUT2D eigenvalue weighted by molar-refractivity contribution is 5.94. The lowest BCUT2D eigenvalue weighted by Gasteiger charge is -2.35. The van der Waals surface area contributed by atoms with Crippen LogP contribution in [-0.4, -0.2) is 49.6 Å². The van der Waals surface area contributed by atoms with Crippen LogP contribution >= 0.6 is 0 Å². The highest BCUT2D eigenvalue weighted by Gasteiger charge is 2.25. The first-order valence-electron chi connectivity index (χ1n) is 11.2. The van der Waals surface area contributed by atoms with Crippen LogP contribution in [0.1, 0.15) is 53.4 Å². The zero-order valence-electron chi connectivity index (χ0n) is 18.9. The fraction of sp³-hybridized carbons (Fsp3) is 0.440. The molecule has 0 spiro atoms. The Bertz CT molecular complexity index is 897. The van der Waals surface area contributed by atoms with Gasteiger partial charge in [0, 0.05) is 25.2 Å². The molecule has 6 heteroatoms. The monoisotopic (exact) mass is 422 g/mol. The Hall–Kier alpha value is -2.86. The van der Waals surface area contributed by atoms with Crippen LogP contribution in [0, 0.1) is 6.92 Å². The summed E-state index contributed by atoms with van der Waals surface area (Å²) in [6.07, 6.45) is 0.953. The molecular formula is C25H34N4O2. The number of aryl methyl sites for hydroxylation is 1. The topological polar surface area (TPSA) is 66.0 Å². The van der Waals surface area contributed by atoms with E-state index in [1.807, 2.05) is 31.2 Å². The number of morpholine rings is 1. The van der Waals surface area contributed by atoms with E-state index >= 15 is 0 Å². The van der Waals surface area contributed by atoms with Gasteiger partial charge in [-0.05, 0) is 49.1 Å². The molecule has 2 aromatic rings. The standard InChI is InChI=1S/C25H34N4O2/c1-4-13-27-24(30)21-11-8-10-20(16-21)17-28-25(26-5-2)29-14-15-31-23(18-29)22-12-7-6-9-19(22)3/h6-12,16,23H,4-5,13-15,17-18H2,1-3H3,(H,26,28)(H,27,30). The van der Waals surface area contributed by atoms with Gasteiger partial charge in [-0.15, -0.1) is 0 Å². The van der Waals surface area contributed by atoms with E-state index in [2.05, 4.69) is 53.6 Å². The van der Waals surface area contributed by atoms with Gasteiger partial charge in [0.1, 0.15) is 6.10 Å². The predicted molar refractivity (Wildman–Crippen MR) is 125 cm³/mol. The van der Waals surface area contributed by atoms with E-state index in [0.29, 0.717) is 25.3 Å². The van der Waals surface area contributed by atoms with Crippen molar-refractivity contribution in [3.63, 3.8) is 0 Å². The lowest BCUT2D eigenvalue weighted by molar-refractivity contribution is -0.00834. The first kappa shape index (κ1) is 22.8. The molecule has 1 fully saturated rings. The van der Waals surface area contributed by atoms with Gasteiger partial charge in [-0.25, -0.2) is 4.99 Å². The maximum absolute atomic E-state index is 12.3. The van der Waals surface area contributed by atoms with Crippen LogP contribution in [0.3, 0.4) is 0 Å². The number of hydrogen-bond donors (Lipinski definition) is 2. The summed E-state index contributed by atoms with van der Waals surface area (Å²) in [4.78, 5) is 19.4. The van der Waals surface area contributed by atoms with Gasteiger partial charge >= 0.3 is 0 Å². The van der Waals surface area contributed by atoms with E-state index < -0.39 is 0 Å². The van der Waals surface area contributed by atoms with Gasteiger partial charge in [0.05, 0.1) is 19.7 Å². The number of amides is 1. The first-order chi connectivity index (χ1) is 15.1. The third kappa shape index (κ3) is 6.31. The molecule has 166 valence electrons. The second-order valence-corrected chi connectivity index (χ2v) is 7.79. The van der Waals surface area contributed by atoms with Gasteiger partial charge < -0.3 is 20.3 Å². The highest BCUT2D eigenvalue weighted by atomic mass is 16.5. The summed E-state index contributed by atoms with van der Waals surface area (Å²) in [5.74, 6) is 0.846. The Labute approximate surface area is 185 Å². The van der Waals surface area contributed by atoms with E-state index in [1.165, 1.54) is 11.1 Å². The molecule has 1 aliphatic rings. The van der Waals surface area contributed by atoms with E-state index in [4.69, 9.17) is 9.73 Å². The molecule has 0 aliphatic carbocycles. The van der Waals surface area contributed by atoms with Crippen LogP contribution in [0.15, 0.2) is 53.5 Å². The molecule has 1 heterocycles. The van der Waals surface area contributed by atoms with E-state index in [0.717, 1.165) is 37.6 Å². The van der Waals surface area contributed by atoms with E-state index in [9.17, 15) is 4.79 Å². The lowest BCUT2D eigenvalue weighted by atomic mass is 10.0. The Balaban J connectivity index is 1.71. The van der Waals surface area contributed by atoms with Crippen molar-refractivity contribution in [2.24, 2.45) is 4.99 Å². The smallest absolute Gasteiger partial charge is 0.251 e. The van der Waals surface area contributed by atoms with Crippen LogP contribution in [0.25, 0.3) is 0 Å². The average molecular weight is 423 g/mol. The van der Waals surface area contributed by atoms with Crippen molar-refractivity contribution >= 4 is 11.9 Å². The molecule has 1 aliphatic heterocycles. The van der Waals surface area contributed by atoms with Crippen molar-refractivity contribution in [2.75, 3.05) is 32.8 Å². The van der Waals surface area contributed by atoms with Crippen molar-refractivity contribution in [1.29, 1.82) is 0 Å². The minimum absolute atomic E-state index is 0.0318. The SMILES string of the molecule is CCCNC(=O)c1cccc(CN=C(NCC)N2CCOC(c3ccccc3C)C2)c1. The number of nitrogens with zero attached hydrogens (tertiary/aromatic N) is 2. The second kappa shape index (κ2) is 11.5. The zero-order valence-corrected chi connectivity index (χ0v) is 18.9. The van der Waals surface area contributed by atoms with Crippen LogP contribution < -0.4 is 10.6 Å². The molecule has 1 atom stereocenters. The minimum atomic E-state index is -0.0335. The fourth-order valence-electron chi connectivity index (χ4n) is 3.72. The predicted octanol–water partition coefficient (Wildman–Crippen LogP) is 3.67. The average Bonchev–Trinajstić information content (AvgIpc) is 2.80. The van der Waals surface area contributed by atoms with Crippen molar-refractivity contribution in [2.45, 2.75) is 39.8 Å². The lowest BCUT2D eigenvalue weighted by Crippen LogP contribution is -2.48. The first-order valence-corrected chi connectivity index (χ1v) is 11.2. The maximum atomic E-state index is 12.3. The zero-order chi connectivity index (χ0) is 22.1. The fourth-order valence-corrected chi connectivity index (χ4v) is 3.72. The van der Waals surface area contributed by atoms with Gasteiger partial charge in [-0.3, -0.25) is 4.79 Å². The van der Waals surface area contributed by atoms with Crippen molar-refractivity contribution in [1.82, 2.24) is 15.5 Å². The molecule has 0 bridgehead atoms. The molecule has 3 rings (SSSR count). The molecule has 0 radical (unpaired) electrons. The van der Waals surface area contributed by atoms with E-state index in [1.54, 1.807) is 0 Å². The van der Waals surface area contributed by atoms with Crippen LogP contribution in [0.2, 0.25) is 0 Å². The summed E-state index contributed by atoms with van der Waals surface area (Å²) in [7, 11) is 0. The van der Waals surface area contributed by atoms with Gasteiger partial charge in [0.2, 0.25) is 0 Å². The second-order valence-electron chi connectivity index (χ2n) is 7.79. The molecular weight excluding hydrogens is 388 g/mol. The number of carbonyl (C=O) groups is 1. The third-order valence-electron chi connectivity index (χ3n) is 5.37. The Morgan fingerprint density at radius 2 is 2.00 bits per heavy atom. The number of benzene rings is 2. The summed E-state index contributed by atoms with van der Waals surface area (Å²) >= 11 is 0. The van der Waals surface area contributed by atoms with Crippen LogP contribution in [0.4, 0.5) is 0 Å². The molecule has 1 amide bonds. The molecule has 2 N–H and O–H groups in total. The Kier molecular flexibility index (Phi) is 8.47. The van der Waals surface area contributed by atoms with Crippen LogP contribution in [-0.2, 0) is 11.3 Å². The summed E-state index contributed by atoms with van der Waals surface area (Å²) in [5, 5.41) is 6.34. The number of carbonyl (C=O) groups excluding carboxylic acids is 1. The van der Waals surface area contributed by atoms with Gasteiger partial charge in [-0.2, -0.15) is 0 Å². The van der Waals surface area contributed by atoms with Gasteiger partial charge in [-0.1, -0.05) is 43.3 Å². The van der Waals surface area contributed by atoms with Crippen molar-refractivity contribution < 1.29 is 9.53 Å². The number of ether oxygens (including phenoxy) is 1. The number of hydrogen-bond acceptors (Lipinski definition) is 3. The van der Waals surface area contributed by atoms with Crippen LogP contribution in [0.5, 0.6) is 0 Å². The molecule has 2 aromatic carbocycles.